The first-order valence-corrected chi connectivity index (χ1v) is 4.90. The second-order valence-electron chi connectivity index (χ2n) is 3.49. The van der Waals surface area contributed by atoms with Crippen LogP contribution < -0.4 is 5.73 Å². The van der Waals surface area contributed by atoms with E-state index in [4.69, 9.17) is 5.73 Å². The van der Waals surface area contributed by atoms with Gasteiger partial charge in [-0.25, -0.2) is 0 Å². The molecule has 1 aliphatic heterocycles. The first-order valence-electron chi connectivity index (χ1n) is 4.90. The summed E-state index contributed by atoms with van der Waals surface area (Å²) in [4.78, 5) is 13.7. The fraction of sp³-hybridized carbons (Fsp3) is 0.364. The van der Waals surface area contributed by atoms with Gasteiger partial charge in [0.05, 0.1) is 0 Å². The lowest BCUT2D eigenvalue weighted by atomic mass is 9.99. The molecule has 0 atom stereocenters. The summed E-state index contributed by atoms with van der Waals surface area (Å²) in [5.41, 5.74) is 7.45. The maximum atomic E-state index is 11.9. The van der Waals surface area contributed by atoms with Crippen LogP contribution in [-0.4, -0.2) is 30.4 Å². The molecule has 0 radical (unpaired) electrons. The van der Waals surface area contributed by atoms with Crippen LogP contribution in [0.5, 0.6) is 0 Å². The van der Waals surface area contributed by atoms with Gasteiger partial charge in [-0.2, -0.15) is 0 Å². The summed E-state index contributed by atoms with van der Waals surface area (Å²) in [6.45, 7) is 1.99. The maximum absolute atomic E-state index is 11.9. The van der Waals surface area contributed by atoms with Crippen molar-refractivity contribution in [2.45, 2.75) is 6.42 Å². The quantitative estimate of drug-likeness (QED) is 0.820. The van der Waals surface area contributed by atoms with Crippen LogP contribution in [0, 0.1) is 0 Å². The Hall–Kier alpha value is -1.06. The van der Waals surface area contributed by atoms with Crippen LogP contribution in [0.1, 0.15) is 15.9 Å². The molecule has 0 saturated carbocycles. The number of hydrogen-bond acceptors (Lipinski definition) is 2. The Morgan fingerprint density at radius 1 is 1.33 bits per heavy atom. The molecule has 15 heavy (non-hydrogen) atoms. The number of nitrogens with zero attached hydrogens (tertiary/aromatic N) is 1. The van der Waals surface area contributed by atoms with Gasteiger partial charge < -0.3 is 10.6 Å². The minimum atomic E-state index is 0. The third kappa shape index (κ3) is 2.30. The van der Waals surface area contributed by atoms with E-state index >= 15 is 0 Å². The Morgan fingerprint density at radius 3 is 2.80 bits per heavy atom. The molecule has 3 nitrogen and oxygen atoms in total. The lowest BCUT2D eigenvalue weighted by molar-refractivity contribution is 0.0745. The molecule has 1 aromatic carbocycles. The van der Waals surface area contributed by atoms with Crippen LogP contribution in [0.4, 0.5) is 0 Å². The Balaban J connectivity index is 0.00000112. The second kappa shape index (κ2) is 5.14. The number of amides is 1. The van der Waals surface area contributed by atoms with Crippen molar-refractivity contribution in [2.75, 3.05) is 19.6 Å². The third-order valence-corrected chi connectivity index (χ3v) is 2.59. The Kier molecular flexibility index (Phi) is 4.12. The molecule has 1 amide bonds. The van der Waals surface area contributed by atoms with Crippen LogP contribution in [0.3, 0.4) is 0 Å². The van der Waals surface area contributed by atoms with Gasteiger partial charge in [-0.1, -0.05) is 18.2 Å². The van der Waals surface area contributed by atoms with E-state index in [-0.39, 0.29) is 18.3 Å². The van der Waals surface area contributed by atoms with E-state index in [2.05, 4.69) is 0 Å². The van der Waals surface area contributed by atoms with Crippen molar-refractivity contribution in [3.8, 4) is 0 Å². The summed E-state index contributed by atoms with van der Waals surface area (Å²) in [5, 5.41) is 0. The van der Waals surface area contributed by atoms with Gasteiger partial charge in [0.25, 0.3) is 5.91 Å². The van der Waals surface area contributed by atoms with Gasteiger partial charge in [-0.3, -0.25) is 4.79 Å². The van der Waals surface area contributed by atoms with E-state index in [9.17, 15) is 4.79 Å². The predicted molar refractivity (Wildman–Crippen MR) is 62.4 cm³/mol. The predicted octanol–water partition coefficient (Wildman–Crippen LogP) is 1.07. The molecule has 1 aromatic rings. The van der Waals surface area contributed by atoms with E-state index in [1.54, 1.807) is 0 Å². The lowest BCUT2D eigenvalue weighted by Crippen LogP contribution is -2.40. The van der Waals surface area contributed by atoms with E-state index in [1.807, 2.05) is 29.2 Å². The van der Waals surface area contributed by atoms with E-state index < -0.39 is 0 Å². The summed E-state index contributed by atoms with van der Waals surface area (Å²) in [6, 6.07) is 7.79. The van der Waals surface area contributed by atoms with Crippen LogP contribution in [0.2, 0.25) is 0 Å². The van der Waals surface area contributed by atoms with E-state index in [0.717, 1.165) is 24.1 Å². The molecule has 0 saturated heterocycles. The number of benzene rings is 1. The molecule has 0 spiro atoms. The number of halogens is 1. The zero-order valence-corrected chi connectivity index (χ0v) is 9.30. The van der Waals surface area contributed by atoms with Gasteiger partial charge in [-0.15, -0.1) is 12.4 Å². The Morgan fingerprint density at radius 2 is 2.07 bits per heavy atom. The van der Waals surface area contributed by atoms with Crippen molar-refractivity contribution < 1.29 is 4.79 Å². The number of rotatable bonds is 2. The molecule has 0 aromatic heterocycles. The van der Waals surface area contributed by atoms with Crippen LogP contribution >= 0.6 is 12.4 Å². The van der Waals surface area contributed by atoms with Crippen molar-refractivity contribution in [1.29, 1.82) is 0 Å². The first-order chi connectivity index (χ1) is 6.83. The summed E-state index contributed by atoms with van der Waals surface area (Å²) >= 11 is 0. The molecule has 0 aliphatic carbocycles. The summed E-state index contributed by atoms with van der Waals surface area (Å²) in [6.07, 6.45) is 0.946. The fourth-order valence-electron chi connectivity index (χ4n) is 1.84. The van der Waals surface area contributed by atoms with Crippen molar-refractivity contribution in [3.05, 3.63) is 35.4 Å². The SMILES string of the molecule is Cl.NCCN1CCc2ccccc2C1=O. The summed E-state index contributed by atoms with van der Waals surface area (Å²) in [5.74, 6) is 0.123. The molecular weight excluding hydrogens is 212 g/mol. The van der Waals surface area contributed by atoms with Gasteiger partial charge in [0.1, 0.15) is 0 Å². The number of fused-ring (bicyclic) bond motifs is 1. The van der Waals surface area contributed by atoms with Crippen molar-refractivity contribution in [3.63, 3.8) is 0 Å². The van der Waals surface area contributed by atoms with Gasteiger partial charge in [0.15, 0.2) is 0 Å². The minimum absolute atomic E-state index is 0. The Bertz CT molecular complexity index is 354. The van der Waals surface area contributed by atoms with E-state index in [0.29, 0.717) is 13.1 Å². The topological polar surface area (TPSA) is 46.3 Å². The monoisotopic (exact) mass is 226 g/mol. The highest BCUT2D eigenvalue weighted by atomic mass is 35.5. The average Bonchev–Trinajstić information content (AvgIpc) is 2.23. The largest absolute Gasteiger partial charge is 0.337 e. The zero-order chi connectivity index (χ0) is 9.97. The summed E-state index contributed by atoms with van der Waals surface area (Å²) < 4.78 is 0. The molecule has 0 unspecified atom stereocenters. The van der Waals surface area contributed by atoms with E-state index in [1.165, 1.54) is 0 Å². The highest BCUT2D eigenvalue weighted by molar-refractivity contribution is 5.96. The van der Waals surface area contributed by atoms with Crippen LogP contribution in [0.25, 0.3) is 0 Å². The van der Waals surface area contributed by atoms with Crippen LogP contribution in [-0.2, 0) is 6.42 Å². The molecule has 2 N–H and O–H groups in total. The fourth-order valence-corrected chi connectivity index (χ4v) is 1.84. The highest BCUT2D eigenvalue weighted by Crippen LogP contribution is 2.17. The molecule has 0 bridgehead atoms. The lowest BCUT2D eigenvalue weighted by Gasteiger charge is -2.27. The standard InChI is InChI=1S/C11H14N2O.ClH/c12-6-8-13-7-5-9-3-1-2-4-10(9)11(13)14;/h1-4H,5-8,12H2;1H. The molecule has 4 heteroatoms. The van der Waals surface area contributed by atoms with Gasteiger partial charge in [0, 0.05) is 25.2 Å². The molecule has 1 heterocycles. The molecular formula is C11H15ClN2O. The number of nitrogens with two attached hydrogens (primary N) is 1. The van der Waals surface area contributed by atoms with Gasteiger partial charge in [0.2, 0.25) is 0 Å². The normalized spacial score (nSPS) is 14.5. The molecule has 1 aliphatic rings. The number of hydrogen-bond donors (Lipinski definition) is 1. The number of carbonyl (C=O) groups excluding carboxylic acids is 1. The van der Waals surface area contributed by atoms with Gasteiger partial charge in [-0.05, 0) is 18.1 Å². The first kappa shape index (κ1) is 12.0. The zero-order valence-electron chi connectivity index (χ0n) is 8.48. The van der Waals surface area contributed by atoms with Gasteiger partial charge >= 0.3 is 0 Å². The van der Waals surface area contributed by atoms with Crippen molar-refractivity contribution in [2.24, 2.45) is 5.73 Å². The maximum Gasteiger partial charge on any atom is 0.254 e. The molecule has 2 rings (SSSR count). The smallest absolute Gasteiger partial charge is 0.254 e. The second-order valence-corrected chi connectivity index (χ2v) is 3.49. The van der Waals surface area contributed by atoms with Crippen molar-refractivity contribution in [1.82, 2.24) is 4.90 Å². The minimum Gasteiger partial charge on any atom is -0.337 e. The average molecular weight is 227 g/mol. The third-order valence-electron chi connectivity index (χ3n) is 2.59. The molecule has 82 valence electrons. The Labute approximate surface area is 95.7 Å². The summed E-state index contributed by atoms with van der Waals surface area (Å²) in [7, 11) is 0. The van der Waals surface area contributed by atoms with Crippen LogP contribution in [0.15, 0.2) is 24.3 Å². The number of carbonyl (C=O) groups is 1. The van der Waals surface area contributed by atoms with Crippen molar-refractivity contribution >= 4 is 18.3 Å². The molecule has 0 fully saturated rings. The highest BCUT2D eigenvalue weighted by Gasteiger charge is 2.22.